The zero-order valence-electron chi connectivity index (χ0n) is 14.0. The van der Waals surface area contributed by atoms with E-state index in [4.69, 9.17) is 10.5 Å². The molecule has 8 heteroatoms. The number of methoxy groups -OCH3 is 1. The monoisotopic (exact) mass is 348 g/mol. The van der Waals surface area contributed by atoms with E-state index in [0.29, 0.717) is 11.8 Å². The molecule has 1 aromatic carbocycles. The van der Waals surface area contributed by atoms with Crippen molar-refractivity contribution >= 4 is 23.2 Å². The van der Waals surface area contributed by atoms with Crippen molar-refractivity contribution in [2.24, 2.45) is 5.73 Å². The first-order valence-corrected chi connectivity index (χ1v) is 7.96. The number of ether oxygens (including phenoxy) is 1. The summed E-state index contributed by atoms with van der Waals surface area (Å²) in [4.78, 5) is 26.6. The van der Waals surface area contributed by atoms with Gasteiger partial charge in [-0.25, -0.2) is 15.0 Å². The van der Waals surface area contributed by atoms with Crippen molar-refractivity contribution in [1.82, 2.24) is 15.0 Å². The van der Waals surface area contributed by atoms with Crippen molar-refractivity contribution in [2.75, 3.05) is 17.3 Å². The van der Waals surface area contributed by atoms with Gasteiger partial charge in [-0.3, -0.25) is 9.69 Å². The first-order chi connectivity index (χ1) is 12.7. The number of hydrogen-bond donors (Lipinski definition) is 2. The Hall–Kier alpha value is -3.68. The van der Waals surface area contributed by atoms with Crippen LogP contribution in [0.2, 0.25) is 0 Å². The molecule has 1 aliphatic heterocycles. The van der Waals surface area contributed by atoms with Crippen LogP contribution in [-0.4, -0.2) is 28.0 Å². The first-order valence-electron chi connectivity index (χ1n) is 7.96. The van der Waals surface area contributed by atoms with Crippen molar-refractivity contribution < 1.29 is 9.53 Å². The fourth-order valence-electron chi connectivity index (χ4n) is 2.88. The Morgan fingerprint density at radius 3 is 2.81 bits per heavy atom. The highest BCUT2D eigenvalue weighted by Gasteiger charge is 2.34. The predicted octanol–water partition coefficient (Wildman–Crippen LogP) is 2.24. The quantitative estimate of drug-likeness (QED) is 0.744. The van der Waals surface area contributed by atoms with Gasteiger partial charge in [0.05, 0.1) is 24.2 Å². The first kappa shape index (κ1) is 15.8. The lowest BCUT2D eigenvalue weighted by Crippen LogP contribution is -2.27. The molecule has 1 atom stereocenters. The molecule has 0 bridgehead atoms. The van der Waals surface area contributed by atoms with Gasteiger partial charge in [0, 0.05) is 12.3 Å². The minimum atomic E-state index is -0.606. The smallest absolute Gasteiger partial charge is 0.267 e. The van der Waals surface area contributed by atoms with Crippen LogP contribution in [0, 0.1) is 0 Å². The average Bonchev–Trinajstić information content (AvgIpc) is 3.07. The molecule has 0 saturated carbocycles. The van der Waals surface area contributed by atoms with E-state index in [0.717, 1.165) is 17.1 Å². The number of rotatable bonds is 4. The molecule has 1 amide bonds. The number of fused-ring (bicyclic) bond motifs is 1. The lowest BCUT2D eigenvalue weighted by Gasteiger charge is -2.24. The topological polar surface area (TPSA) is 106 Å². The summed E-state index contributed by atoms with van der Waals surface area (Å²) in [5.41, 5.74) is 8.04. The second-order valence-corrected chi connectivity index (χ2v) is 5.64. The SMILES string of the molecule is COc1cccc(C2Nc3ccccc3N2c2nccc(C(N)=O)n2)n1. The van der Waals surface area contributed by atoms with Crippen LogP contribution in [0.15, 0.2) is 54.7 Å². The van der Waals surface area contributed by atoms with E-state index < -0.39 is 5.91 Å². The van der Waals surface area contributed by atoms with Gasteiger partial charge in [-0.15, -0.1) is 0 Å². The van der Waals surface area contributed by atoms with Crippen molar-refractivity contribution in [1.29, 1.82) is 0 Å². The Morgan fingerprint density at radius 1 is 1.15 bits per heavy atom. The number of nitrogens with one attached hydrogen (secondary N) is 1. The summed E-state index contributed by atoms with van der Waals surface area (Å²) in [7, 11) is 1.57. The summed E-state index contributed by atoms with van der Waals surface area (Å²) in [6, 6.07) is 14.8. The normalized spacial score (nSPS) is 15.3. The van der Waals surface area contributed by atoms with Gasteiger partial charge < -0.3 is 15.8 Å². The molecule has 0 spiro atoms. The highest BCUT2D eigenvalue weighted by molar-refractivity contribution is 5.91. The van der Waals surface area contributed by atoms with Crippen LogP contribution >= 0.6 is 0 Å². The fraction of sp³-hybridized carbons (Fsp3) is 0.111. The number of aromatic nitrogens is 3. The number of para-hydroxylation sites is 2. The molecule has 3 N–H and O–H groups in total. The number of pyridine rings is 1. The summed E-state index contributed by atoms with van der Waals surface area (Å²) in [5.74, 6) is 0.255. The zero-order valence-corrected chi connectivity index (χ0v) is 14.0. The molecule has 0 radical (unpaired) electrons. The number of nitrogens with zero attached hydrogens (tertiary/aromatic N) is 4. The molecule has 0 fully saturated rings. The standard InChI is InChI=1S/C18H16N6O2/c1-26-15-8-4-6-13(21-15)17-22-11-5-2-3-7-14(11)24(17)18-20-10-9-12(23-18)16(19)25/h2-10,17,22H,1H3,(H2,19,25). The van der Waals surface area contributed by atoms with Crippen molar-refractivity contribution in [3.8, 4) is 5.88 Å². The van der Waals surface area contributed by atoms with E-state index in [2.05, 4.69) is 20.3 Å². The van der Waals surface area contributed by atoms with Crippen LogP contribution in [0.1, 0.15) is 22.3 Å². The van der Waals surface area contributed by atoms with Gasteiger partial charge in [0.1, 0.15) is 5.69 Å². The van der Waals surface area contributed by atoms with Crippen LogP contribution in [-0.2, 0) is 0 Å². The van der Waals surface area contributed by atoms with E-state index in [1.54, 1.807) is 13.2 Å². The fourth-order valence-corrected chi connectivity index (χ4v) is 2.88. The molecular weight excluding hydrogens is 332 g/mol. The third kappa shape index (κ3) is 2.67. The second-order valence-electron chi connectivity index (χ2n) is 5.64. The number of benzene rings is 1. The Labute approximate surface area is 149 Å². The van der Waals surface area contributed by atoms with Crippen LogP contribution in [0.25, 0.3) is 0 Å². The van der Waals surface area contributed by atoms with E-state index in [9.17, 15) is 4.79 Å². The molecular formula is C18H16N6O2. The molecule has 0 saturated heterocycles. The van der Waals surface area contributed by atoms with E-state index in [1.165, 1.54) is 12.3 Å². The maximum absolute atomic E-state index is 11.5. The molecule has 26 heavy (non-hydrogen) atoms. The van der Waals surface area contributed by atoms with E-state index in [1.807, 2.05) is 41.3 Å². The highest BCUT2D eigenvalue weighted by atomic mass is 16.5. The van der Waals surface area contributed by atoms with Gasteiger partial charge in [-0.1, -0.05) is 18.2 Å². The summed E-state index contributed by atoms with van der Waals surface area (Å²) in [6.45, 7) is 0. The largest absolute Gasteiger partial charge is 0.481 e. The Morgan fingerprint density at radius 2 is 2.00 bits per heavy atom. The van der Waals surface area contributed by atoms with E-state index in [-0.39, 0.29) is 11.9 Å². The molecule has 2 aromatic heterocycles. The third-order valence-corrected chi connectivity index (χ3v) is 4.06. The maximum atomic E-state index is 11.5. The Balaban J connectivity index is 1.84. The lowest BCUT2D eigenvalue weighted by molar-refractivity contribution is 0.0995. The minimum Gasteiger partial charge on any atom is -0.481 e. The second kappa shape index (κ2) is 6.32. The van der Waals surface area contributed by atoms with Crippen molar-refractivity contribution in [3.05, 3.63) is 66.1 Å². The van der Waals surface area contributed by atoms with Crippen LogP contribution < -0.4 is 20.7 Å². The van der Waals surface area contributed by atoms with Crippen LogP contribution in [0.3, 0.4) is 0 Å². The van der Waals surface area contributed by atoms with Gasteiger partial charge in [-0.2, -0.15) is 0 Å². The summed E-state index contributed by atoms with van der Waals surface area (Å²) >= 11 is 0. The molecule has 130 valence electrons. The summed E-state index contributed by atoms with van der Waals surface area (Å²) < 4.78 is 5.23. The summed E-state index contributed by atoms with van der Waals surface area (Å²) in [6.07, 6.45) is 1.16. The number of anilines is 3. The number of hydrogen-bond acceptors (Lipinski definition) is 7. The molecule has 4 rings (SSSR count). The van der Waals surface area contributed by atoms with Gasteiger partial charge in [0.2, 0.25) is 11.8 Å². The Bertz CT molecular complexity index is 977. The van der Waals surface area contributed by atoms with Crippen LogP contribution in [0.5, 0.6) is 5.88 Å². The minimum absolute atomic E-state index is 0.150. The number of carbonyl (C=O) groups excluding carboxylic acids is 1. The van der Waals surface area contributed by atoms with Gasteiger partial charge in [0.25, 0.3) is 5.91 Å². The summed E-state index contributed by atoms with van der Waals surface area (Å²) in [5, 5.41) is 3.41. The molecule has 8 nitrogen and oxygen atoms in total. The Kier molecular flexibility index (Phi) is 3.85. The molecule has 3 aromatic rings. The van der Waals surface area contributed by atoms with Gasteiger partial charge >= 0.3 is 0 Å². The molecule has 3 heterocycles. The van der Waals surface area contributed by atoms with Crippen molar-refractivity contribution in [3.63, 3.8) is 0 Å². The lowest BCUT2D eigenvalue weighted by atomic mass is 10.2. The van der Waals surface area contributed by atoms with E-state index >= 15 is 0 Å². The molecule has 1 unspecified atom stereocenters. The number of carbonyl (C=O) groups is 1. The zero-order chi connectivity index (χ0) is 18.1. The highest BCUT2D eigenvalue weighted by Crippen LogP contribution is 2.44. The van der Waals surface area contributed by atoms with Crippen LogP contribution in [0.4, 0.5) is 17.3 Å². The third-order valence-electron chi connectivity index (χ3n) is 4.06. The number of primary amides is 1. The van der Waals surface area contributed by atoms with Gasteiger partial charge in [0.15, 0.2) is 6.17 Å². The van der Waals surface area contributed by atoms with Crippen molar-refractivity contribution in [2.45, 2.75) is 6.17 Å². The van der Waals surface area contributed by atoms with Gasteiger partial charge in [-0.05, 0) is 24.3 Å². The predicted molar refractivity (Wildman–Crippen MR) is 96.3 cm³/mol. The maximum Gasteiger partial charge on any atom is 0.267 e. The molecule has 0 aliphatic carbocycles. The number of nitrogens with two attached hydrogens (primary N) is 1. The number of amides is 1. The molecule has 1 aliphatic rings. The average molecular weight is 348 g/mol.